The van der Waals surface area contributed by atoms with Crippen molar-refractivity contribution in [1.82, 2.24) is 15.2 Å². The first-order valence-corrected chi connectivity index (χ1v) is 11.7. The van der Waals surface area contributed by atoms with Gasteiger partial charge in [-0.05, 0) is 56.6 Å². The van der Waals surface area contributed by atoms with Crippen LogP contribution >= 0.6 is 0 Å². The Kier molecular flexibility index (Phi) is 6.12. The number of para-hydroxylation sites is 1. The van der Waals surface area contributed by atoms with Gasteiger partial charge in [0.25, 0.3) is 5.91 Å². The zero-order valence-electron chi connectivity index (χ0n) is 19.5. The Balaban J connectivity index is 1.66. The summed E-state index contributed by atoms with van der Waals surface area (Å²) in [6.45, 7) is 0.568. The number of aromatic nitrogens is 1. The molecule has 1 fully saturated rings. The molecule has 0 aliphatic heterocycles. The number of pyridine rings is 1. The monoisotopic (exact) mass is 453 g/mol. The van der Waals surface area contributed by atoms with E-state index in [4.69, 9.17) is 4.98 Å². The van der Waals surface area contributed by atoms with Crippen molar-refractivity contribution < 1.29 is 9.18 Å². The Morgan fingerprint density at radius 2 is 1.76 bits per heavy atom. The van der Waals surface area contributed by atoms with Crippen LogP contribution in [-0.2, 0) is 6.54 Å². The van der Waals surface area contributed by atoms with Crippen molar-refractivity contribution in [1.29, 1.82) is 0 Å². The highest BCUT2D eigenvalue weighted by molar-refractivity contribution is 6.09. The lowest BCUT2D eigenvalue weighted by Crippen LogP contribution is -2.31. The van der Waals surface area contributed by atoms with E-state index >= 15 is 0 Å². The second kappa shape index (κ2) is 9.35. The lowest BCUT2D eigenvalue weighted by atomic mass is 9.94. The minimum atomic E-state index is -0.286. The molecule has 1 heterocycles. The van der Waals surface area contributed by atoms with Crippen LogP contribution in [-0.4, -0.2) is 29.9 Å². The number of nitrogens with zero attached hydrogens (tertiary/aromatic N) is 2. The minimum absolute atomic E-state index is 0.145. The third kappa shape index (κ3) is 4.57. The quantitative estimate of drug-likeness (QED) is 0.374. The molecule has 172 valence electrons. The summed E-state index contributed by atoms with van der Waals surface area (Å²) in [6, 6.07) is 24.1. The standard InChI is InChI=1S/C29H28FN3O/c1-33(2)18-24-26(29(34)32-27(20-15-16-20)21-11-8-12-22(30)17-21)23-13-6-7-14-25(23)31-28(24)19-9-4-3-5-10-19/h3-14,17,20,27H,15-16,18H2,1-2H3,(H,32,34)/t27-/m0/s1. The van der Waals surface area contributed by atoms with Crippen LogP contribution in [0.4, 0.5) is 4.39 Å². The molecule has 0 radical (unpaired) electrons. The summed E-state index contributed by atoms with van der Waals surface area (Å²) in [7, 11) is 3.98. The molecule has 4 nitrogen and oxygen atoms in total. The van der Waals surface area contributed by atoms with Gasteiger partial charge in [0.15, 0.2) is 0 Å². The fourth-order valence-electron chi connectivity index (χ4n) is 4.63. The summed E-state index contributed by atoms with van der Waals surface area (Å²) >= 11 is 0. The number of rotatable bonds is 7. The van der Waals surface area contributed by atoms with Crippen molar-refractivity contribution in [2.24, 2.45) is 5.92 Å². The van der Waals surface area contributed by atoms with Gasteiger partial charge >= 0.3 is 0 Å². The number of hydrogen-bond acceptors (Lipinski definition) is 3. The lowest BCUT2D eigenvalue weighted by molar-refractivity contribution is 0.0931. The molecular formula is C29H28FN3O. The molecule has 4 aromatic rings. The fraction of sp³-hybridized carbons (Fsp3) is 0.241. The molecule has 34 heavy (non-hydrogen) atoms. The predicted molar refractivity (Wildman–Crippen MR) is 134 cm³/mol. The molecule has 1 aliphatic rings. The fourth-order valence-corrected chi connectivity index (χ4v) is 4.63. The van der Waals surface area contributed by atoms with Crippen molar-refractivity contribution in [3.63, 3.8) is 0 Å². The van der Waals surface area contributed by atoms with Gasteiger partial charge in [-0.1, -0.05) is 60.7 Å². The van der Waals surface area contributed by atoms with Gasteiger partial charge in [-0.25, -0.2) is 9.37 Å². The molecule has 1 amide bonds. The summed E-state index contributed by atoms with van der Waals surface area (Å²) in [5, 5.41) is 4.10. The number of halogens is 1. The van der Waals surface area contributed by atoms with Crippen LogP contribution in [0.25, 0.3) is 22.2 Å². The normalized spacial score (nSPS) is 14.4. The molecule has 1 aromatic heterocycles. The Bertz CT molecular complexity index is 1330. The number of carbonyl (C=O) groups excluding carboxylic acids is 1. The van der Waals surface area contributed by atoms with Gasteiger partial charge in [0.05, 0.1) is 22.8 Å². The molecule has 0 unspecified atom stereocenters. The first-order valence-electron chi connectivity index (χ1n) is 11.7. The van der Waals surface area contributed by atoms with Crippen molar-refractivity contribution in [2.45, 2.75) is 25.4 Å². The highest BCUT2D eigenvalue weighted by Crippen LogP contribution is 2.41. The van der Waals surface area contributed by atoms with Crippen molar-refractivity contribution in [3.05, 3.63) is 101 Å². The van der Waals surface area contributed by atoms with Crippen molar-refractivity contribution in [2.75, 3.05) is 14.1 Å². The van der Waals surface area contributed by atoms with E-state index < -0.39 is 0 Å². The smallest absolute Gasteiger partial charge is 0.252 e. The third-order valence-electron chi connectivity index (χ3n) is 6.33. The number of hydrogen-bond donors (Lipinski definition) is 1. The summed E-state index contributed by atoms with van der Waals surface area (Å²) in [5.74, 6) is -0.107. The van der Waals surface area contributed by atoms with Gasteiger partial charge in [0.2, 0.25) is 0 Å². The first kappa shape index (κ1) is 22.2. The van der Waals surface area contributed by atoms with Crippen LogP contribution in [0.3, 0.4) is 0 Å². The van der Waals surface area contributed by atoms with E-state index in [0.717, 1.165) is 46.1 Å². The van der Waals surface area contributed by atoms with Gasteiger partial charge in [0.1, 0.15) is 5.82 Å². The molecule has 5 heteroatoms. The Morgan fingerprint density at radius 1 is 1.03 bits per heavy atom. The Hall–Kier alpha value is -3.57. The third-order valence-corrected chi connectivity index (χ3v) is 6.33. The lowest BCUT2D eigenvalue weighted by Gasteiger charge is -2.23. The summed E-state index contributed by atoms with van der Waals surface area (Å²) < 4.78 is 14.0. The molecule has 3 aromatic carbocycles. The molecule has 1 N–H and O–H groups in total. The van der Waals surface area contributed by atoms with Gasteiger partial charge in [-0.2, -0.15) is 0 Å². The van der Waals surface area contributed by atoms with E-state index in [9.17, 15) is 9.18 Å². The first-order chi connectivity index (χ1) is 16.5. The van der Waals surface area contributed by atoms with Gasteiger partial charge in [-0.15, -0.1) is 0 Å². The van der Waals surface area contributed by atoms with E-state index in [1.807, 2.05) is 74.8 Å². The zero-order valence-corrected chi connectivity index (χ0v) is 19.5. The second-order valence-corrected chi connectivity index (χ2v) is 9.28. The Morgan fingerprint density at radius 3 is 2.47 bits per heavy atom. The number of nitrogens with one attached hydrogen (secondary N) is 1. The van der Waals surface area contributed by atoms with Crippen LogP contribution in [0.15, 0.2) is 78.9 Å². The number of amides is 1. The summed E-state index contributed by atoms with van der Waals surface area (Å²) in [4.78, 5) is 21.0. The molecule has 1 saturated carbocycles. The highest BCUT2D eigenvalue weighted by atomic mass is 19.1. The number of carbonyl (C=O) groups is 1. The van der Waals surface area contributed by atoms with Crippen molar-refractivity contribution in [3.8, 4) is 11.3 Å². The number of fused-ring (bicyclic) bond motifs is 1. The highest BCUT2D eigenvalue weighted by Gasteiger charge is 2.35. The average molecular weight is 454 g/mol. The van der Waals surface area contributed by atoms with E-state index in [-0.39, 0.29) is 17.8 Å². The van der Waals surface area contributed by atoms with E-state index in [1.165, 1.54) is 12.1 Å². The molecule has 0 bridgehead atoms. The SMILES string of the molecule is CN(C)Cc1c(-c2ccccc2)nc2ccccc2c1C(=O)N[C@H](c1cccc(F)c1)C1CC1. The maximum absolute atomic E-state index is 14.0. The summed E-state index contributed by atoms with van der Waals surface area (Å²) in [6.07, 6.45) is 2.05. The summed E-state index contributed by atoms with van der Waals surface area (Å²) in [5.41, 5.74) is 4.91. The van der Waals surface area contributed by atoms with Crippen LogP contribution < -0.4 is 5.32 Å². The van der Waals surface area contributed by atoms with E-state index in [1.54, 1.807) is 6.07 Å². The average Bonchev–Trinajstić information content (AvgIpc) is 3.67. The molecule has 1 atom stereocenters. The predicted octanol–water partition coefficient (Wildman–Crippen LogP) is 5.98. The van der Waals surface area contributed by atoms with Gasteiger partial charge < -0.3 is 10.2 Å². The van der Waals surface area contributed by atoms with Crippen LogP contribution in [0.2, 0.25) is 0 Å². The zero-order chi connectivity index (χ0) is 23.7. The second-order valence-electron chi connectivity index (χ2n) is 9.28. The van der Waals surface area contributed by atoms with Gasteiger partial charge in [-0.3, -0.25) is 4.79 Å². The van der Waals surface area contributed by atoms with Crippen LogP contribution in [0, 0.1) is 11.7 Å². The molecule has 0 saturated heterocycles. The van der Waals surface area contributed by atoms with Crippen molar-refractivity contribution >= 4 is 16.8 Å². The van der Waals surface area contributed by atoms with E-state index in [2.05, 4.69) is 10.2 Å². The van der Waals surface area contributed by atoms with Crippen LogP contribution in [0.5, 0.6) is 0 Å². The number of benzene rings is 3. The minimum Gasteiger partial charge on any atom is -0.345 e. The Labute approximate surface area is 199 Å². The van der Waals surface area contributed by atoms with Crippen LogP contribution in [0.1, 0.15) is 40.4 Å². The molecule has 1 aliphatic carbocycles. The molecular weight excluding hydrogens is 425 g/mol. The van der Waals surface area contributed by atoms with Gasteiger partial charge in [0, 0.05) is 23.1 Å². The molecule has 0 spiro atoms. The largest absolute Gasteiger partial charge is 0.345 e. The maximum Gasteiger partial charge on any atom is 0.252 e. The van der Waals surface area contributed by atoms with E-state index in [0.29, 0.717) is 18.0 Å². The maximum atomic E-state index is 14.0. The topological polar surface area (TPSA) is 45.2 Å². The molecule has 5 rings (SSSR count).